The zero-order valence-corrected chi connectivity index (χ0v) is 10.4. The summed E-state index contributed by atoms with van der Waals surface area (Å²) in [6.07, 6.45) is 0. The lowest BCUT2D eigenvalue weighted by Gasteiger charge is -2.25. The highest BCUT2D eigenvalue weighted by molar-refractivity contribution is 5.48. The molecule has 90 valence electrons. The molecule has 0 aliphatic rings. The monoisotopic (exact) mass is 224 g/mol. The number of hydrogen-bond acceptors (Lipinski definition) is 4. The van der Waals surface area contributed by atoms with Gasteiger partial charge in [-0.05, 0) is 20.2 Å². The van der Waals surface area contributed by atoms with Gasteiger partial charge in [0, 0.05) is 12.1 Å². The van der Waals surface area contributed by atoms with E-state index in [0.29, 0.717) is 6.54 Å². The summed E-state index contributed by atoms with van der Waals surface area (Å²) >= 11 is 0. The molecule has 0 radical (unpaired) electrons. The summed E-state index contributed by atoms with van der Waals surface area (Å²) in [5.41, 5.74) is 6.83. The van der Waals surface area contributed by atoms with Crippen LogP contribution in [0, 0.1) is 0 Å². The van der Waals surface area contributed by atoms with Gasteiger partial charge in [-0.1, -0.05) is 12.1 Å². The van der Waals surface area contributed by atoms with Gasteiger partial charge in [0.1, 0.15) is 0 Å². The van der Waals surface area contributed by atoms with Crippen LogP contribution in [0.2, 0.25) is 0 Å². The van der Waals surface area contributed by atoms with Crippen molar-refractivity contribution in [2.75, 3.05) is 34.9 Å². The predicted octanol–water partition coefficient (Wildman–Crippen LogP) is 1.27. The quantitative estimate of drug-likeness (QED) is 0.818. The molecule has 4 nitrogen and oxygen atoms in total. The maximum absolute atomic E-state index is 5.78. The Hall–Kier alpha value is -1.26. The van der Waals surface area contributed by atoms with Crippen LogP contribution in [0.3, 0.4) is 0 Å². The van der Waals surface area contributed by atoms with Gasteiger partial charge >= 0.3 is 0 Å². The summed E-state index contributed by atoms with van der Waals surface area (Å²) < 4.78 is 10.7. The Balaban J connectivity index is 3.20. The van der Waals surface area contributed by atoms with E-state index in [1.807, 2.05) is 32.3 Å². The normalized spacial score (nSPS) is 12.6. The molecule has 0 aromatic heterocycles. The van der Waals surface area contributed by atoms with Crippen LogP contribution >= 0.6 is 0 Å². The van der Waals surface area contributed by atoms with Gasteiger partial charge in [-0.25, -0.2) is 0 Å². The number of methoxy groups -OCH3 is 2. The van der Waals surface area contributed by atoms with Crippen molar-refractivity contribution >= 4 is 0 Å². The van der Waals surface area contributed by atoms with Gasteiger partial charge < -0.3 is 20.1 Å². The summed E-state index contributed by atoms with van der Waals surface area (Å²) in [5.74, 6) is 1.49. The standard InChI is InChI=1S/C12H20N2O2/c1-14(2)10(8-13)9-6-5-7-11(15-3)12(9)16-4/h5-7,10H,8,13H2,1-4H3. The van der Waals surface area contributed by atoms with Crippen molar-refractivity contribution in [1.29, 1.82) is 0 Å². The Morgan fingerprint density at radius 3 is 2.38 bits per heavy atom. The van der Waals surface area contributed by atoms with Crippen molar-refractivity contribution < 1.29 is 9.47 Å². The van der Waals surface area contributed by atoms with E-state index < -0.39 is 0 Å². The Bertz CT molecular complexity index is 340. The fourth-order valence-corrected chi connectivity index (χ4v) is 1.79. The minimum Gasteiger partial charge on any atom is -0.493 e. The average molecular weight is 224 g/mol. The molecule has 1 rings (SSSR count). The van der Waals surface area contributed by atoms with E-state index in [4.69, 9.17) is 15.2 Å². The Kier molecular flexibility index (Phi) is 4.58. The minimum atomic E-state index is 0.130. The third-order valence-electron chi connectivity index (χ3n) is 2.64. The second-order valence-corrected chi connectivity index (χ2v) is 3.80. The summed E-state index contributed by atoms with van der Waals surface area (Å²) in [7, 11) is 7.27. The second-order valence-electron chi connectivity index (χ2n) is 3.80. The van der Waals surface area contributed by atoms with E-state index in [-0.39, 0.29) is 6.04 Å². The molecule has 0 saturated carbocycles. The summed E-state index contributed by atoms with van der Waals surface area (Å²) in [6.45, 7) is 0.538. The van der Waals surface area contributed by atoms with Crippen molar-refractivity contribution in [2.24, 2.45) is 5.73 Å². The molecule has 1 aromatic carbocycles. The van der Waals surface area contributed by atoms with Crippen LogP contribution in [-0.4, -0.2) is 39.8 Å². The van der Waals surface area contributed by atoms with Crippen LogP contribution in [0.4, 0.5) is 0 Å². The largest absolute Gasteiger partial charge is 0.493 e. The lowest BCUT2D eigenvalue weighted by atomic mass is 10.0. The summed E-state index contributed by atoms with van der Waals surface area (Å²) in [4.78, 5) is 2.07. The number of ether oxygens (including phenoxy) is 2. The van der Waals surface area contributed by atoms with Crippen LogP contribution in [0.1, 0.15) is 11.6 Å². The van der Waals surface area contributed by atoms with E-state index in [0.717, 1.165) is 17.1 Å². The number of benzene rings is 1. The number of rotatable bonds is 5. The lowest BCUT2D eigenvalue weighted by molar-refractivity contribution is 0.288. The zero-order valence-electron chi connectivity index (χ0n) is 10.4. The molecule has 0 saturated heterocycles. The SMILES string of the molecule is COc1cccc(C(CN)N(C)C)c1OC. The minimum absolute atomic E-state index is 0.130. The summed E-state index contributed by atoms with van der Waals surface area (Å²) in [6, 6.07) is 5.97. The highest BCUT2D eigenvalue weighted by Crippen LogP contribution is 2.35. The first-order valence-electron chi connectivity index (χ1n) is 5.23. The van der Waals surface area contributed by atoms with Crippen LogP contribution in [0.15, 0.2) is 18.2 Å². The maximum Gasteiger partial charge on any atom is 0.165 e. The van der Waals surface area contributed by atoms with E-state index in [1.165, 1.54) is 0 Å². The van der Waals surface area contributed by atoms with Crippen molar-refractivity contribution in [1.82, 2.24) is 4.90 Å². The highest BCUT2D eigenvalue weighted by Gasteiger charge is 2.19. The smallest absolute Gasteiger partial charge is 0.165 e. The van der Waals surface area contributed by atoms with E-state index in [2.05, 4.69) is 4.90 Å². The van der Waals surface area contributed by atoms with Gasteiger partial charge in [-0.2, -0.15) is 0 Å². The number of likely N-dealkylation sites (N-methyl/N-ethyl adjacent to an activating group) is 1. The number of nitrogens with two attached hydrogens (primary N) is 1. The Morgan fingerprint density at radius 2 is 1.94 bits per heavy atom. The first-order valence-corrected chi connectivity index (χ1v) is 5.23. The van der Waals surface area contributed by atoms with Gasteiger partial charge in [-0.3, -0.25) is 0 Å². The zero-order chi connectivity index (χ0) is 12.1. The molecule has 0 bridgehead atoms. The van der Waals surface area contributed by atoms with Crippen LogP contribution in [0.5, 0.6) is 11.5 Å². The second kappa shape index (κ2) is 5.72. The van der Waals surface area contributed by atoms with E-state index in [1.54, 1.807) is 14.2 Å². The molecule has 0 heterocycles. The van der Waals surface area contributed by atoms with Gasteiger partial charge in [0.25, 0.3) is 0 Å². The number of para-hydroxylation sites is 1. The molecular formula is C12H20N2O2. The Morgan fingerprint density at radius 1 is 1.25 bits per heavy atom. The first-order chi connectivity index (χ1) is 7.65. The third kappa shape index (κ3) is 2.46. The molecule has 0 fully saturated rings. The topological polar surface area (TPSA) is 47.7 Å². The average Bonchev–Trinajstić information content (AvgIpc) is 2.29. The van der Waals surface area contributed by atoms with Gasteiger partial charge in [-0.15, -0.1) is 0 Å². The first kappa shape index (κ1) is 12.8. The number of nitrogens with zero attached hydrogens (tertiary/aromatic N) is 1. The molecule has 1 atom stereocenters. The fourth-order valence-electron chi connectivity index (χ4n) is 1.79. The van der Waals surface area contributed by atoms with Crippen LogP contribution in [0.25, 0.3) is 0 Å². The fraction of sp³-hybridized carbons (Fsp3) is 0.500. The summed E-state index contributed by atoms with van der Waals surface area (Å²) in [5, 5.41) is 0. The van der Waals surface area contributed by atoms with Crippen molar-refractivity contribution in [2.45, 2.75) is 6.04 Å². The maximum atomic E-state index is 5.78. The number of hydrogen-bond donors (Lipinski definition) is 1. The highest BCUT2D eigenvalue weighted by atomic mass is 16.5. The van der Waals surface area contributed by atoms with Crippen LogP contribution in [-0.2, 0) is 0 Å². The lowest BCUT2D eigenvalue weighted by Crippen LogP contribution is -2.27. The molecule has 1 aromatic rings. The predicted molar refractivity (Wildman–Crippen MR) is 65.0 cm³/mol. The molecule has 4 heteroatoms. The van der Waals surface area contributed by atoms with Gasteiger partial charge in [0.05, 0.1) is 20.3 Å². The van der Waals surface area contributed by atoms with Crippen LogP contribution < -0.4 is 15.2 Å². The Labute approximate surface area is 96.9 Å². The van der Waals surface area contributed by atoms with Crippen molar-refractivity contribution in [3.63, 3.8) is 0 Å². The molecule has 0 spiro atoms. The van der Waals surface area contributed by atoms with Crippen molar-refractivity contribution in [3.8, 4) is 11.5 Å². The molecule has 1 unspecified atom stereocenters. The molecular weight excluding hydrogens is 204 g/mol. The molecule has 0 amide bonds. The molecule has 2 N–H and O–H groups in total. The van der Waals surface area contributed by atoms with Crippen molar-refractivity contribution in [3.05, 3.63) is 23.8 Å². The molecule has 0 aliphatic heterocycles. The van der Waals surface area contributed by atoms with E-state index in [9.17, 15) is 0 Å². The van der Waals surface area contributed by atoms with Gasteiger partial charge in [0.15, 0.2) is 11.5 Å². The molecule has 16 heavy (non-hydrogen) atoms. The molecule has 0 aliphatic carbocycles. The van der Waals surface area contributed by atoms with Gasteiger partial charge in [0.2, 0.25) is 0 Å². The van der Waals surface area contributed by atoms with E-state index >= 15 is 0 Å². The third-order valence-corrected chi connectivity index (χ3v) is 2.64.